The lowest BCUT2D eigenvalue weighted by Crippen LogP contribution is -2.38. The number of ketones is 1. The Hall–Kier alpha value is -2.20. The number of hydrogen-bond acceptors (Lipinski definition) is 6. The molecule has 1 aliphatic heterocycles. The van der Waals surface area contributed by atoms with Crippen LogP contribution in [0.15, 0.2) is 62.6 Å². The standard InChI is InChI=1S/C22H20ClN3OS2/c1-2-28-22-15(10-11-29-22)19-16(12-24)21(25)26(14-8-6-13(23)7-9-14)17-4-3-5-18(27)20(17)19/h6-11,19H,2-5,25H2,1H3. The number of carbonyl (C=O) groups is 1. The first kappa shape index (κ1) is 20.1. The number of nitrogens with two attached hydrogens (primary N) is 1. The second-order valence-corrected chi connectivity index (χ2v) is 9.77. The maximum Gasteiger partial charge on any atom is 0.161 e. The number of nitrogens with zero attached hydrogens (tertiary/aromatic N) is 2. The van der Waals surface area contributed by atoms with Crippen molar-refractivity contribution in [3.05, 3.63) is 69.0 Å². The molecule has 2 aromatic rings. The summed E-state index contributed by atoms with van der Waals surface area (Å²) in [4.78, 5) is 15.0. The molecule has 1 aromatic heterocycles. The molecule has 2 N–H and O–H groups in total. The molecule has 2 aliphatic rings. The van der Waals surface area contributed by atoms with Gasteiger partial charge in [0.25, 0.3) is 0 Å². The maximum absolute atomic E-state index is 13.1. The lowest BCUT2D eigenvalue weighted by molar-refractivity contribution is -0.116. The number of carbonyl (C=O) groups excluding carboxylic acids is 1. The Bertz CT molecular complexity index is 1060. The summed E-state index contributed by atoms with van der Waals surface area (Å²) in [6, 6.07) is 11.7. The molecule has 0 amide bonds. The highest BCUT2D eigenvalue weighted by Crippen LogP contribution is 2.49. The van der Waals surface area contributed by atoms with Gasteiger partial charge in [-0.1, -0.05) is 18.5 Å². The average molecular weight is 442 g/mol. The van der Waals surface area contributed by atoms with Gasteiger partial charge >= 0.3 is 0 Å². The summed E-state index contributed by atoms with van der Waals surface area (Å²) in [6.45, 7) is 2.10. The second kappa shape index (κ2) is 8.27. The number of Topliss-reactive ketones (excluding diaryl/α,β-unsaturated/α-hetero) is 1. The first-order valence-electron chi connectivity index (χ1n) is 9.48. The van der Waals surface area contributed by atoms with Crippen LogP contribution < -0.4 is 10.6 Å². The molecule has 1 unspecified atom stereocenters. The Morgan fingerprint density at radius 3 is 2.76 bits per heavy atom. The number of hydrogen-bond donors (Lipinski definition) is 1. The van der Waals surface area contributed by atoms with Crippen molar-refractivity contribution in [1.82, 2.24) is 0 Å². The highest BCUT2D eigenvalue weighted by Gasteiger charge is 2.41. The number of nitriles is 1. The van der Waals surface area contributed by atoms with E-state index in [9.17, 15) is 10.1 Å². The Morgan fingerprint density at radius 2 is 2.07 bits per heavy atom. The fourth-order valence-electron chi connectivity index (χ4n) is 4.05. The minimum Gasteiger partial charge on any atom is -0.384 e. The molecule has 0 bridgehead atoms. The molecule has 1 atom stereocenters. The van der Waals surface area contributed by atoms with E-state index in [0.29, 0.717) is 28.4 Å². The van der Waals surface area contributed by atoms with Crippen LogP contribution in [-0.4, -0.2) is 11.5 Å². The van der Waals surface area contributed by atoms with Gasteiger partial charge in [-0.3, -0.25) is 9.69 Å². The van der Waals surface area contributed by atoms with Crippen LogP contribution in [0.25, 0.3) is 0 Å². The molecule has 0 radical (unpaired) electrons. The first-order valence-corrected chi connectivity index (χ1v) is 11.7. The van der Waals surface area contributed by atoms with Gasteiger partial charge in [0.15, 0.2) is 5.78 Å². The van der Waals surface area contributed by atoms with E-state index in [1.54, 1.807) is 35.2 Å². The third kappa shape index (κ3) is 3.48. The topological polar surface area (TPSA) is 70.1 Å². The Balaban J connectivity index is 1.94. The van der Waals surface area contributed by atoms with Crippen molar-refractivity contribution in [3.8, 4) is 6.07 Å². The number of halogens is 1. The van der Waals surface area contributed by atoms with Crippen molar-refractivity contribution < 1.29 is 4.79 Å². The minimum absolute atomic E-state index is 0.106. The van der Waals surface area contributed by atoms with E-state index in [1.165, 1.54) is 0 Å². The van der Waals surface area contributed by atoms with Crippen LogP contribution in [0.3, 0.4) is 0 Å². The number of rotatable bonds is 4. The summed E-state index contributed by atoms with van der Waals surface area (Å²) in [5.74, 6) is 1.03. The largest absolute Gasteiger partial charge is 0.384 e. The second-order valence-electron chi connectivity index (χ2n) is 6.89. The van der Waals surface area contributed by atoms with Crippen molar-refractivity contribution >= 4 is 46.2 Å². The molecule has 0 spiro atoms. The van der Waals surface area contributed by atoms with Gasteiger partial charge in [0.1, 0.15) is 5.82 Å². The lowest BCUT2D eigenvalue weighted by atomic mass is 9.76. The van der Waals surface area contributed by atoms with E-state index < -0.39 is 5.92 Å². The lowest BCUT2D eigenvalue weighted by Gasteiger charge is -2.39. The van der Waals surface area contributed by atoms with Crippen molar-refractivity contribution in [3.63, 3.8) is 0 Å². The Kier molecular flexibility index (Phi) is 5.73. The van der Waals surface area contributed by atoms with Crippen LogP contribution in [0.1, 0.15) is 37.7 Å². The summed E-state index contributed by atoms with van der Waals surface area (Å²) in [5, 5.41) is 12.7. The van der Waals surface area contributed by atoms with Crippen LogP contribution in [-0.2, 0) is 4.79 Å². The van der Waals surface area contributed by atoms with Crippen LogP contribution >= 0.6 is 34.7 Å². The average Bonchev–Trinajstić information content (AvgIpc) is 3.16. The molecule has 1 aromatic carbocycles. The van der Waals surface area contributed by atoms with Crippen LogP contribution in [0.2, 0.25) is 5.02 Å². The smallest absolute Gasteiger partial charge is 0.161 e. The Labute approximate surface area is 183 Å². The molecule has 0 saturated carbocycles. The fourth-order valence-corrected chi connectivity index (χ4v) is 6.24. The van der Waals surface area contributed by atoms with Gasteiger partial charge in [0, 0.05) is 28.4 Å². The SMILES string of the molecule is CCSc1sccc1C1C(C#N)=C(N)N(c2ccc(Cl)cc2)C2=C1C(=O)CCC2. The van der Waals surface area contributed by atoms with Crippen molar-refractivity contribution in [2.45, 2.75) is 36.3 Å². The van der Waals surface area contributed by atoms with Crippen molar-refractivity contribution in [1.29, 1.82) is 5.26 Å². The first-order chi connectivity index (χ1) is 14.1. The number of thiophene rings is 1. The molecule has 29 heavy (non-hydrogen) atoms. The van der Waals surface area contributed by atoms with Crippen LogP contribution in [0, 0.1) is 11.3 Å². The fraction of sp³-hybridized carbons (Fsp3) is 0.273. The third-order valence-electron chi connectivity index (χ3n) is 5.24. The molecule has 7 heteroatoms. The van der Waals surface area contributed by atoms with Crippen molar-refractivity contribution in [2.75, 3.05) is 10.7 Å². The monoisotopic (exact) mass is 441 g/mol. The molecule has 4 nitrogen and oxygen atoms in total. The van der Waals surface area contributed by atoms with Gasteiger partial charge < -0.3 is 5.73 Å². The predicted octanol–water partition coefficient (Wildman–Crippen LogP) is 5.82. The van der Waals surface area contributed by atoms with Gasteiger partial charge in [0.05, 0.1) is 21.8 Å². The predicted molar refractivity (Wildman–Crippen MR) is 120 cm³/mol. The van der Waals surface area contributed by atoms with Crippen LogP contribution in [0.5, 0.6) is 0 Å². The summed E-state index contributed by atoms with van der Waals surface area (Å²) in [5.41, 5.74) is 10.5. The minimum atomic E-state index is -0.397. The summed E-state index contributed by atoms with van der Waals surface area (Å²) in [7, 11) is 0. The summed E-state index contributed by atoms with van der Waals surface area (Å²) in [6.07, 6.45) is 2.03. The zero-order chi connectivity index (χ0) is 20.5. The van der Waals surface area contributed by atoms with Gasteiger partial charge in [-0.2, -0.15) is 5.26 Å². The van der Waals surface area contributed by atoms with Gasteiger partial charge in [-0.15, -0.1) is 23.1 Å². The molecular formula is C22H20ClN3OS2. The maximum atomic E-state index is 13.1. The molecule has 4 rings (SSSR count). The van der Waals surface area contributed by atoms with Gasteiger partial charge in [0.2, 0.25) is 0 Å². The highest BCUT2D eigenvalue weighted by molar-refractivity contribution is 8.01. The van der Waals surface area contributed by atoms with E-state index in [-0.39, 0.29) is 5.78 Å². The summed E-state index contributed by atoms with van der Waals surface area (Å²) >= 11 is 9.45. The number of anilines is 1. The van der Waals surface area contributed by atoms with Crippen LogP contribution in [0.4, 0.5) is 5.69 Å². The molecule has 148 valence electrons. The van der Waals surface area contributed by atoms with E-state index >= 15 is 0 Å². The molecule has 2 heterocycles. The van der Waals surface area contributed by atoms with E-state index in [1.807, 2.05) is 28.5 Å². The van der Waals surface area contributed by atoms with E-state index in [0.717, 1.165) is 39.8 Å². The molecule has 1 aliphatic carbocycles. The normalized spacial score (nSPS) is 19.4. The molecular weight excluding hydrogens is 422 g/mol. The molecule has 0 fully saturated rings. The third-order valence-corrected chi connectivity index (χ3v) is 7.65. The number of benzene rings is 1. The zero-order valence-corrected chi connectivity index (χ0v) is 18.3. The number of allylic oxidation sites excluding steroid dienone is 3. The van der Waals surface area contributed by atoms with Gasteiger partial charge in [-0.05, 0) is 59.9 Å². The quantitative estimate of drug-likeness (QED) is 0.605. The van der Waals surface area contributed by atoms with E-state index in [2.05, 4.69) is 13.0 Å². The van der Waals surface area contributed by atoms with E-state index in [4.69, 9.17) is 17.3 Å². The zero-order valence-electron chi connectivity index (χ0n) is 15.9. The Morgan fingerprint density at radius 1 is 1.31 bits per heavy atom. The number of thioether (sulfide) groups is 1. The van der Waals surface area contributed by atoms with Gasteiger partial charge in [-0.25, -0.2) is 0 Å². The van der Waals surface area contributed by atoms with Crippen molar-refractivity contribution in [2.24, 2.45) is 5.73 Å². The highest BCUT2D eigenvalue weighted by atomic mass is 35.5. The molecule has 0 saturated heterocycles. The summed E-state index contributed by atoms with van der Waals surface area (Å²) < 4.78 is 1.14.